The molecule has 0 aliphatic rings. The van der Waals surface area contributed by atoms with E-state index in [9.17, 15) is 9.90 Å². The summed E-state index contributed by atoms with van der Waals surface area (Å²) in [5, 5.41) is 29.0. The molecule has 0 aliphatic heterocycles. The molecule has 0 atom stereocenters. The van der Waals surface area contributed by atoms with E-state index in [2.05, 4.69) is 27.5 Å². The lowest BCUT2D eigenvalue weighted by molar-refractivity contribution is 0.0694. The van der Waals surface area contributed by atoms with Crippen LogP contribution in [0.4, 0.5) is 0 Å². The Hall–Kier alpha value is -3.81. The van der Waals surface area contributed by atoms with Crippen molar-refractivity contribution in [2.24, 2.45) is 0 Å². The van der Waals surface area contributed by atoms with Gasteiger partial charge in [0.2, 0.25) is 5.82 Å². The van der Waals surface area contributed by atoms with Crippen LogP contribution in [-0.2, 0) is 13.0 Å². The number of nitrogens with one attached hydrogen (secondary N) is 1. The molecule has 8 heteroatoms. The van der Waals surface area contributed by atoms with Crippen molar-refractivity contribution in [3.8, 4) is 22.5 Å². The normalized spacial score (nSPS) is 11.3. The lowest BCUT2D eigenvalue weighted by atomic mass is 9.96. The van der Waals surface area contributed by atoms with Crippen LogP contribution < -0.4 is 0 Å². The maximum Gasteiger partial charge on any atom is 0.339 e. The fourth-order valence-corrected chi connectivity index (χ4v) is 4.15. The first-order valence-corrected chi connectivity index (χ1v) is 11.2. The van der Waals surface area contributed by atoms with E-state index in [0.29, 0.717) is 23.5 Å². The molecule has 2 heterocycles. The highest BCUT2D eigenvalue weighted by molar-refractivity contribution is 5.90. The monoisotopic (exact) mass is 444 g/mol. The van der Waals surface area contributed by atoms with Gasteiger partial charge in [0.05, 0.1) is 11.4 Å². The Labute approximate surface area is 192 Å². The van der Waals surface area contributed by atoms with Gasteiger partial charge in [0.15, 0.2) is 0 Å². The molecule has 2 aromatic carbocycles. The lowest BCUT2D eigenvalue weighted by Gasteiger charge is -2.10. The zero-order valence-corrected chi connectivity index (χ0v) is 19.1. The van der Waals surface area contributed by atoms with Crippen molar-refractivity contribution < 1.29 is 9.90 Å². The molecule has 2 N–H and O–H groups in total. The standard InChI is InChI=1S/C25H28N6O2/c1-4-5-14-31-23(16(2)3)22(25(32)33)21(28-31)15-17-10-12-18(13-11-17)19-8-6-7-9-20(19)24-26-29-30-27-24/h6-13,16H,4-5,14-15H2,1-3H3,(H,32,33)(H,26,27,29,30). The molecule has 2 aromatic heterocycles. The second kappa shape index (κ2) is 9.77. The van der Waals surface area contributed by atoms with Crippen molar-refractivity contribution in [3.63, 3.8) is 0 Å². The van der Waals surface area contributed by atoms with E-state index in [0.717, 1.165) is 47.3 Å². The van der Waals surface area contributed by atoms with Crippen LogP contribution in [0, 0.1) is 0 Å². The number of hydrogen-bond donors (Lipinski definition) is 2. The molecule has 0 saturated carbocycles. The molecular weight excluding hydrogens is 416 g/mol. The number of benzene rings is 2. The summed E-state index contributed by atoms with van der Waals surface area (Å²) in [5.74, 6) is -0.292. The molecule has 33 heavy (non-hydrogen) atoms. The molecule has 8 nitrogen and oxygen atoms in total. The number of carbonyl (C=O) groups is 1. The number of tetrazole rings is 1. The molecule has 0 radical (unpaired) electrons. The van der Waals surface area contributed by atoms with Crippen LogP contribution in [0.5, 0.6) is 0 Å². The fraction of sp³-hybridized carbons (Fsp3) is 0.320. The second-order valence-corrected chi connectivity index (χ2v) is 8.40. The highest BCUT2D eigenvalue weighted by Gasteiger charge is 2.25. The molecular formula is C25H28N6O2. The van der Waals surface area contributed by atoms with Gasteiger partial charge in [-0.15, -0.1) is 10.2 Å². The highest BCUT2D eigenvalue weighted by Crippen LogP contribution is 2.31. The third kappa shape index (κ3) is 4.69. The van der Waals surface area contributed by atoms with Crippen molar-refractivity contribution >= 4 is 5.97 Å². The van der Waals surface area contributed by atoms with Crippen molar-refractivity contribution in [1.29, 1.82) is 0 Å². The number of aromatic nitrogens is 6. The van der Waals surface area contributed by atoms with Gasteiger partial charge in [0.1, 0.15) is 5.56 Å². The summed E-state index contributed by atoms with van der Waals surface area (Å²) in [7, 11) is 0. The topological polar surface area (TPSA) is 110 Å². The SMILES string of the molecule is CCCCn1nc(Cc2ccc(-c3ccccc3-c3nn[nH]n3)cc2)c(C(=O)O)c1C(C)C. The van der Waals surface area contributed by atoms with Crippen molar-refractivity contribution in [3.05, 3.63) is 71.0 Å². The first kappa shape index (κ1) is 22.4. The number of aromatic carboxylic acids is 1. The van der Waals surface area contributed by atoms with E-state index < -0.39 is 5.97 Å². The highest BCUT2D eigenvalue weighted by atomic mass is 16.4. The molecule has 0 fully saturated rings. The van der Waals surface area contributed by atoms with Crippen LogP contribution in [0.15, 0.2) is 48.5 Å². The summed E-state index contributed by atoms with van der Waals surface area (Å²) < 4.78 is 1.89. The Morgan fingerprint density at radius 2 is 1.82 bits per heavy atom. The van der Waals surface area contributed by atoms with E-state index in [4.69, 9.17) is 5.10 Å². The van der Waals surface area contributed by atoms with Crippen LogP contribution >= 0.6 is 0 Å². The molecule has 4 aromatic rings. The van der Waals surface area contributed by atoms with E-state index in [-0.39, 0.29) is 5.92 Å². The zero-order chi connectivity index (χ0) is 23.4. The van der Waals surface area contributed by atoms with Gasteiger partial charge in [-0.25, -0.2) is 4.79 Å². The molecule has 0 spiro atoms. The molecule has 4 rings (SSSR count). The van der Waals surface area contributed by atoms with Crippen LogP contribution in [0.2, 0.25) is 0 Å². The molecule has 0 amide bonds. The van der Waals surface area contributed by atoms with Gasteiger partial charge in [-0.1, -0.05) is 75.7 Å². The van der Waals surface area contributed by atoms with E-state index in [1.54, 1.807) is 0 Å². The predicted octanol–water partition coefficient (Wildman–Crippen LogP) is 4.94. The first-order chi connectivity index (χ1) is 16.0. The number of rotatable bonds is 9. The van der Waals surface area contributed by atoms with E-state index >= 15 is 0 Å². The third-order valence-corrected chi connectivity index (χ3v) is 5.70. The second-order valence-electron chi connectivity index (χ2n) is 8.40. The number of carboxylic acid groups (broad SMARTS) is 1. The summed E-state index contributed by atoms with van der Waals surface area (Å²) in [6, 6.07) is 16.0. The number of H-pyrrole nitrogens is 1. The van der Waals surface area contributed by atoms with Gasteiger partial charge in [0.25, 0.3) is 0 Å². The Kier molecular flexibility index (Phi) is 6.63. The van der Waals surface area contributed by atoms with Gasteiger partial charge in [0, 0.05) is 18.5 Å². The summed E-state index contributed by atoms with van der Waals surface area (Å²) in [6.07, 6.45) is 2.46. The number of aryl methyl sites for hydroxylation is 1. The minimum absolute atomic E-state index is 0.0817. The summed E-state index contributed by atoms with van der Waals surface area (Å²) in [4.78, 5) is 12.1. The molecule has 0 bridgehead atoms. The Morgan fingerprint density at radius 1 is 1.09 bits per heavy atom. The average molecular weight is 445 g/mol. The van der Waals surface area contributed by atoms with E-state index in [1.807, 2.05) is 67.1 Å². The maximum atomic E-state index is 12.1. The number of unbranched alkanes of at least 4 members (excludes halogenated alkanes) is 1. The zero-order valence-electron chi connectivity index (χ0n) is 19.1. The summed E-state index contributed by atoms with van der Waals surface area (Å²) >= 11 is 0. The number of hydrogen-bond acceptors (Lipinski definition) is 5. The fourth-order valence-electron chi connectivity index (χ4n) is 4.15. The van der Waals surface area contributed by atoms with Crippen LogP contribution in [0.3, 0.4) is 0 Å². The molecule has 0 aliphatic carbocycles. The summed E-state index contributed by atoms with van der Waals surface area (Å²) in [6.45, 7) is 6.89. The van der Waals surface area contributed by atoms with Crippen LogP contribution in [0.25, 0.3) is 22.5 Å². The predicted molar refractivity (Wildman–Crippen MR) is 126 cm³/mol. The van der Waals surface area contributed by atoms with Crippen LogP contribution in [-0.4, -0.2) is 41.5 Å². The minimum atomic E-state index is -0.915. The van der Waals surface area contributed by atoms with Gasteiger partial charge >= 0.3 is 5.97 Å². The Bertz CT molecular complexity index is 1230. The molecule has 0 saturated heterocycles. The van der Waals surface area contributed by atoms with Crippen molar-refractivity contribution in [1.82, 2.24) is 30.4 Å². The van der Waals surface area contributed by atoms with Crippen molar-refractivity contribution in [2.45, 2.75) is 52.5 Å². The van der Waals surface area contributed by atoms with Crippen molar-refractivity contribution in [2.75, 3.05) is 0 Å². The summed E-state index contributed by atoms with van der Waals surface area (Å²) in [5.41, 5.74) is 5.68. The number of nitrogens with zero attached hydrogens (tertiary/aromatic N) is 5. The van der Waals surface area contributed by atoms with Gasteiger partial charge < -0.3 is 5.11 Å². The minimum Gasteiger partial charge on any atom is -0.478 e. The Morgan fingerprint density at radius 3 is 2.42 bits per heavy atom. The van der Waals surface area contributed by atoms with Crippen LogP contribution in [0.1, 0.15) is 66.8 Å². The number of aromatic amines is 1. The quantitative estimate of drug-likeness (QED) is 0.378. The third-order valence-electron chi connectivity index (χ3n) is 5.70. The largest absolute Gasteiger partial charge is 0.478 e. The molecule has 170 valence electrons. The number of carboxylic acids is 1. The van der Waals surface area contributed by atoms with Gasteiger partial charge in [-0.2, -0.15) is 10.3 Å². The smallest absolute Gasteiger partial charge is 0.339 e. The molecule has 0 unspecified atom stereocenters. The average Bonchev–Trinajstić information content (AvgIpc) is 3.46. The first-order valence-electron chi connectivity index (χ1n) is 11.2. The maximum absolute atomic E-state index is 12.1. The van der Waals surface area contributed by atoms with E-state index in [1.165, 1.54) is 0 Å². The Balaban J connectivity index is 1.65. The van der Waals surface area contributed by atoms with Gasteiger partial charge in [-0.05, 0) is 34.2 Å². The lowest BCUT2D eigenvalue weighted by Crippen LogP contribution is -2.10. The van der Waals surface area contributed by atoms with Gasteiger partial charge in [-0.3, -0.25) is 4.68 Å².